The van der Waals surface area contributed by atoms with Gasteiger partial charge in [0.2, 0.25) is 0 Å². The summed E-state index contributed by atoms with van der Waals surface area (Å²) >= 11 is 4.82. The van der Waals surface area contributed by atoms with Gasteiger partial charge in [-0.3, -0.25) is 0 Å². The van der Waals surface area contributed by atoms with Crippen LogP contribution in [0.15, 0.2) is 24.3 Å². The first-order valence-corrected chi connectivity index (χ1v) is 11.6. The van der Waals surface area contributed by atoms with E-state index in [1.165, 1.54) is 34.5 Å². The summed E-state index contributed by atoms with van der Waals surface area (Å²) in [5.74, 6) is 0. The minimum atomic E-state index is 0.328. The Morgan fingerprint density at radius 1 is 0.522 bits per heavy atom. The van der Waals surface area contributed by atoms with Gasteiger partial charge in [0.25, 0.3) is 0 Å². The summed E-state index contributed by atoms with van der Waals surface area (Å²) in [5.41, 5.74) is 0. The molecule has 0 aromatic heterocycles. The van der Waals surface area contributed by atoms with Gasteiger partial charge in [-0.1, -0.05) is 69.5 Å². The lowest BCUT2D eigenvalue weighted by molar-refractivity contribution is -0.131. The normalized spacial score (nSPS) is 11.9. The third-order valence-electron chi connectivity index (χ3n) is 2.99. The van der Waals surface area contributed by atoms with E-state index in [-0.39, 0.29) is 0 Å². The number of halogens is 2. The van der Waals surface area contributed by atoms with Crippen LogP contribution >= 0.6 is 45.2 Å². The van der Waals surface area contributed by atoms with Crippen LogP contribution in [0, 0.1) is 0 Å². The molecule has 23 heavy (non-hydrogen) atoms. The Labute approximate surface area is 169 Å². The van der Waals surface area contributed by atoms with Crippen LogP contribution in [-0.4, -0.2) is 35.7 Å². The van der Waals surface area contributed by atoms with Crippen molar-refractivity contribution in [3.8, 4) is 0 Å². The molecule has 5 heteroatoms. The van der Waals surface area contributed by atoms with E-state index in [0.29, 0.717) is 13.6 Å². The Bertz CT molecular complexity index is 245. The molecule has 0 aliphatic heterocycles. The van der Waals surface area contributed by atoms with E-state index in [4.69, 9.17) is 14.2 Å². The SMILES string of the molecule is ICCCC=CCCCOCOCOCCCC=CCCCI. The molecule has 0 rings (SSSR count). The molecule has 0 atom stereocenters. The molecule has 0 aromatic carbocycles. The Morgan fingerprint density at radius 2 is 0.913 bits per heavy atom. The predicted octanol–water partition coefficient (Wildman–Crippen LogP) is 6.05. The number of alkyl halides is 2. The number of hydrogen-bond acceptors (Lipinski definition) is 3. The van der Waals surface area contributed by atoms with E-state index in [2.05, 4.69) is 69.5 Å². The molecular formula is C18H32I2O3. The number of hydrogen-bond donors (Lipinski definition) is 0. The highest BCUT2D eigenvalue weighted by Crippen LogP contribution is 2.00. The van der Waals surface area contributed by atoms with Crippen LogP contribution in [0.1, 0.15) is 51.4 Å². The fourth-order valence-electron chi connectivity index (χ4n) is 1.74. The quantitative estimate of drug-likeness (QED) is 0.0684. The zero-order valence-corrected chi connectivity index (χ0v) is 18.5. The summed E-state index contributed by atoms with van der Waals surface area (Å²) in [6.45, 7) is 2.15. The molecule has 0 aromatic rings. The minimum absolute atomic E-state index is 0.328. The second kappa shape index (κ2) is 22.8. The van der Waals surface area contributed by atoms with Gasteiger partial charge in [0.15, 0.2) is 0 Å². The molecule has 0 unspecified atom stereocenters. The summed E-state index contributed by atoms with van der Waals surface area (Å²) < 4.78 is 18.5. The molecule has 0 N–H and O–H groups in total. The van der Waals surface area contributed by atoms with Crippen LogP contribution < -0.4 is 0 Å². The highest BCUT2D eigenvalue weighted by molar-refractivity contribution is 14.1. The van der Waals surface area contributed by atoms with E-state index in [9.17, 15) is 0 Å². The molecule has 0 aliphatic rings. The van der Waals surface area contributed by atoms with Gasteiger partial charge in [0.05, 0.1) is 0 Å². The first kappa shape index (κ1) is 23.8. The molecule has 0 saturated heterocycles. The van der Waals surface area contributed by atoms with Crippen LogP contribution in [0.4, 0.5) is 0 Å². The van der Waals surface area contributed by atoms with Crippen LogP contribution in [0.2, 0.25) is 0 Å². The molecular weight excluding hydrogens is 518 g/mol. The molecule has 0 heterocycles. The van der Waals surface area contributed by atoms with E-state index >= 15 is 0 Å². The van der Waals surface area contributed by atoms with Gasteiger partial charge in [0.1, 0.15) is 13.6 Å². The van der Waals surface area contributed by atoms with Gasteiger partial charge in [-0.2, -0.15) is 0 Å². The van der Waals surface area contributed by atoms with Gasteiger partial charge >= 0.3 is 0 Å². The van der Waals surface area contributed by atoms with Gasteiger partial charge in [0, 0.05) is 13.2 Å². The van der Waals surface area contributed by atoms with Gasteiger partial charge in [-0.25, -0.2) is 0 Å². The van der Waals surface area contributed by atoms with Crippen molar-refractivity contribution >= 4 is 45.2 Å². The Hall–Kier alpha value is 0.820. The van der Waals surface area contributed by atoms with E-state index in [1.54, 1.807) is 0 Å². The summed E-state index contributed by atoms with van der Waals surface area (Å²) in [6.07, 6.45) is 18.2. The maximum atomic E-state index is 5.39. The smallest absolute Gasteiger partial charge is 0.149 e. The Kier molecular flexibility index (Phi) is 23.6. The first-order valence-electron chi connectivity index (χ1n) is 8.57. The third-order valence-corrected chi connectivity index (χ3v) is 4.52. The Balaban J connectivity index is 3.05. The molecule has 0 saturated carbocycles. The average Bonchev–Trinajstić information content (AvgIpc) is 2.57. The van der Waals surface area contributed by atoms with Crippen LogP contribution in [0.5, 0.6) is 0 Å². The van der Waals surface area contributed by atoms with Gasteiger partial charge in [-0.05, 0) is 60.2 Å². The number of allylic oxidation sites excluding steroid dienone is 4. The molecule has 0 bridgehead atoms. The zero-order valence-electron chi connectivity index (χ0n) is 14.2. The number of ether oxygens (including phenoxy) is 3. The van der Waals surface area contributed by atoms with E-state index in [0.717, 1.165) is 38.9 Å². The molecule has 136 valence electrons. The lowest BCUT2D eigenvalue weighted by Crippen LogP contribution is -2.06. The Morgan fingerprint density at radius 3 is 1.30 bits per heavy atom. The highest BCUT2D eigenvalue weighted by Gasteiger charge is 1.90. The van der Waals surface area contributed by atoms with Crippen molar-refractivity contribution in [2.75, 3.05) is 35.7 Å². The maximum absolute atomic E-state index is 5.39. The summed E-state index contributed by atoms with van der Waals surface area (Å²) in [4.78, 5) is 0. The lowest BCUT2D eigenvalue weighted by atomic mass is 10.2. The molecule has 0 fully saturated rings. The van der Waals surface area contributed by atoms with E-state index < -0.39 is 0 Å². The predicted molar refractivity (Wildman–Crippen MR) is 116 cm³/mol. The molecule has 0 radical (unpaired) electrons. The minimum Gasteiger partial charge on any atom is -0.355 e. The summed E-state index contributed by atoms with van der Waals surface area (Å²) in [5, 5.41) is 0. The van der Waals surface area contributed by atoms with Gasteiger partial charge in [-0.15, -0.1) is 0 Å². The van der Waals surface area contributed by atoms with Crippen molar-refractivity contribution in [1.82, 2.24) is 0 Å². The van der Waals surface area contributed by atoms with Crippen LogP contribution in [-0.2, 0) is 14.2 Å². The fraction of sp³-hybridized carbons (Fsp3) is 0.778. The van der Waals surface area contributed by atoms with Crippen molar-refractivity contribution in [1.29, 1.82) is 0 Å². The molecule has 0 aliphatic carbocycles. The average molecular weight is 550 g/mol. The van der Waals surface area contributed by atoms with Crippen LogP contribution in [0.25, 0.3) is 0 Å². The van der Waals surface area contributed by atoms with Crippen molar-refractivity contribution in [3.05, 3.63) is 24.3 Å². The molecule has 3 nitrogen and oxygen atoms in total. The fourth-order valence-corrected chi connectivity index (χ4v) is 2.62. The second-order valence-electron chi connectivity index (χ2n) is 5.15. The molecule has 0 amide bonds. The highest BCUT2D eigenvalue weighted by atomic mass is 127. The topological polar surface area (TPSA) is 27.7 Å². The van der Waals surface area contributed by atoms with Crippen molar-refractivity contribution in [3.63, 3.8) is 0 Å². The van der Waals surface area contributed by atoms with Gasteiger partial charge < -0.3 is 14.2 Å². The maximum Gasteiger partial charge on any atom is 0.149 e. The number of rotatable bonds is 18. The monoisotopic (exact) mass is 550 g/mol. The number of unbranched alkanes of at least 4 members (excludes halogenated alkanes) is 4. The second-order valence-corrected chi connectivity index (χ2v) is 7.30. The zero-order chi connectivity index (χ0) is 16.8. The molecule has 0 spiro atoms. The van der Waals surface area contributed by atoms with Crippen molar-refractivity contribution in [2.24, 2.45) is 0 Å². The first-order chi connectivity index (χ1) is 11.4. The van der Waals surface area contributed by atoms with Crippen molar-refractivity contribution < 1.29 is 14.2 Å². The van der Waals surface area contributed by atoms with E-state index in [1.807, 2.05) is 0 Å². The standard InChI is InChI=1S/C18H32I2O3/c19-13-9-5-1-3-7-11-15-21-17-23-18-22-16-12-8-4-2-6-10-14-20/h1-4H,5-18H2. The largest absolute Gasteiger partial charge is 0.355 e. The lowest BCUT2D eigenvalue weighted by Gasteiger charge is -2.06. The summed E-state index contributed by atoms with van der Waals surface area (Å²) in [7, 11) is 0. The summed E-state index contributed by atoms with van der Waals surface area (Å²) in [6, 6.07) is 0. The third kappa shape index (κ3) is 22.8. The van der Waals surface area contributed by atoms with Crippen LogP contribution in [0.3, 0.4) is 0 Å². The van der Waals surface area contributed by atoms with Crippen molar-refractivity contribution in [2.45, 2.75) is 51.4 Å².